The van der Waals surface area contributed by atoms with E-state index in [0.717, 1.165) is 18.7 Å². The number of carbonyl (C=O) groups is 1. The van der Waals surface area contributed by atoms with Crippen molar-refractivity contribution in [1.82, 2.24) is 4.90 Å². The number of aromatic carboxylic acids is 1. The highest BCUT2D eigenvalue weighted by atomic mass is 16.4. The van der Waals surface area contributed by atoms with Gasteiger partial charge >= 0.3 is 5.97 Å². The van der Waals surface area contributed by atoms with Crippen LogP contribution in [0.2, 0.25) is 0 Å². The second-order valence-corrected chi connectivity index (χ2v) is 5.17. The lowest BCUT2D eigenvalue weighted by atomic mass is 9.98. The maximum absolute atomic E-state index is 11.3. The molecular weight excluding hydrogens is 228 g/mol. The van der Waals surface area contributed by atoms with Gasteiger partial charge in [-0.15, -0.1) is 0 Å². The van der Waals surface area contributed by atoms with Crippen LogP contribution in [0.5, 0.6) is 0 Å². The number of likely N-dealkylation sites (tertiary alicyclic amines) is 1. The number of nitrogens with two attached hydrogens (primary N) is 1. The molecule has 0 radical (unpaired) electrons. The van der Waals surface area contributed by atoms with Crippen molar-refractivity contribution in [2.45, 2.75) is 26.3 Å². The molecule has 4 heteroatoms. The van der Waals surface area contributed by atoms with E-state index >= 15 is 0 Å². The van der Waals surface area contributed by atoms with Crippen LogP contribution in [-0.2, 0) is 6.54 Å². The van der Waals surface area contributed by atoms with Gasteiger partial charge in [0.15, 0.2) is 0 Å². The Labute approximate surface area is 107 Å². The molecule has 98 valence electrons. The molecule has 0 saturated carbocycles. The average molecular weight is 248 g/mol. The molecule has 0 bridgehead atoms. The number of rotatable bonds is 3. The van der Waals surface area contributed by atoms with Gasteiger partial charge in [-0.25, -0.2) is 4.79 Å². The summed E-state index contributed by atoms with van der Waals surface area (Å²) in [5, 5.41) is 9.23. The quantitative estimate of drug-likeness (QED) is 0.805. The van der Waals surface area contributed by atoms with Crippen LogP contribution in [0, 0.1) is 5.92 Å². The zero-order valence-corrected chi connectivity index (χ0v) is 10.7. The molecule has 3 N–H and O–H groups in total. The standard InChI is InChI=1S/C14H20N2O2/c1-10-4-3-7-16(8-10)9-11-5-2-6-12(15)13(11)14(17)18/h2,5-6,10H,3-4,7-9,15H2,1H3,(H,17,18). The fourth-order valence-corrected chi connectivity index (χ4v) is 2.68. The van der Waals surface area contributed by atoms with Gasteiger partial charge in [-0.3, -0.25) is 4.90 Å². The smallest absolute Gasteiger partial charge is 0.338 e. The normalized spacial score (nSPS) is 20.8. The van der Waals surface area contributed by atoms with E-state index < -0.39 is 5.97 Å². The van der Waals surface area contributed by atoms with Crippen molar-refractivity contribution < 1.29 is 9.90 Å². The van der Waals surface area contributed by atoms with E-state index in [2.05, 4.69) is 11.8 Å². The van der Waals surface area contributed by atoms with Gasteiger partial charge in [-0.1, -0.05) is 19.1 Å². The Bertz CT molecular complexity index is 445. The monoisotopic (exact) mass is 248 g/mol. The molecule has 1 heterocycles. The molecular formula is C14H20N2O2. The Kier molecular flexibility index (Phi) is 3.87. The van der Waals surface area contributed by atoms with E-state index in [-0.39, 0.29) is 5.56 Å². The summed E-state index contributed by atoms with van der Waals surface area (Å²) in [5.74, 6) is -0.249. The fraction of sp³-hybridized carbons (Fsp3) is 0.500. The molecule has 1 aromatic rings. The van der Waals surface area contributed by atoms with Crippen LogP contribution >= 0.6 is 0 Å². The van der Waals surface area contributed by atoms with Crippen LogP contribution < -0.4 is 5.73 Å². The Morgan fingerprint density at radius 2 is 2.33 bits per heavy atom. The third kappa shape index (κ3) is 2.82. The minimum atomic E-state index is -0.937. The van der Waals surface area contributed by atoms with Crippen molar-refractivity contribution in [3.05, 3.63) is 29.3 Å². The summed E-state index contributed by atoms with van der Waals surface area (Å²) in [6.07, 6.45) is 2.45. The van der Waals surface area contributed by atoms with Crippen molar-refractivity contribution in [1.29, 1.82) is 0 Å². The van der Waals surface area contributed by atoms with Gasteiger partial charge in [-0.2, -0.15) is 0 Å². The van der Waals surface area contributed by atoms with Crippen LogP contribution in [0.3, 0.4) is 0 Å². The van der Waals surface area contributed by atoms with Gasteiger partial charge in [-0.05, 0) is 36.9 Å². The van der Waals surface area contributed by atoms with E-state index in [1.807, 2.05) is 12.1 Å². The lowest BCUT2D eigenvalue weighted by Crippen LogP contribution is -2.34. The predicted molar refractivity (Wildman–Crippen MR) is 71.5 cm³/mol. The summed E-state index contributed by atoms with van der Waals surface area (Å²) in [6.45, 7) is 4.99. The van der Waals surface area contributed by atoms with Gasteiger partial charge in [0.1, 0.15) is 0 Å². The Morgan fingerprint density at radius 3 is 3.00 bits per heavy atom. The first-order chi connectivity index (χ1) is 8.58. The summed E-state index contributed by atoms with van der Waals surface area (Å²) in [7, 11) is 0. The Morgan fingerprint density at radius 1 is 1.56 bits per heavy atom. The summed E-state index contributed by atoms with van der Waals surface area (Å²) < 4.78 is 0. The number of anilines is 1. The first-order valence-electron chi connectivity index (χ1n) is 6.41. The first-order valence-corrected chi connectivity index (χ1v) is 6.41. The van der Waals surface area contributed by atoms with Crippen LogP contribution in [0.4, 0.5) is 5.69 Å². The largest absolute Gasteiger partial charge is 0.478 e. The second kappa shape index (κ2) is 5.40. The van der Waals surface area contributed by atoms with Crippen molar-refractivity contribution in [2.24, 2.45) is 5.92 Å². The number of piperidine rings is 1. The summed E-state index contributed by atoms with van der Waals surface area (Å²) >= 11 is 0. The van der Waals surface area contributed by atoms with Gasteiger partial charge < -0.3 is 10.8 Å². The number of benzene rings is 1. The summed E-state index contributed by atoms with van der Waals surface area (Å²) in [4.78, 5) is 13.6. The second-order valence-electron chi connectivity index (χ2n) is 5.17. The SMILES string of the molecule is CC1CCCN(Cc2cccc(N)c2C(=O)O)C1. The number of hydrogen-bond donors (Lipinski definition) is 2. The first kappa shape index (κ1) is 12.9. The van der Waals surface area contributed by atoms with E-state index in [9.17, 15) is 9.90 Å². The topological polar surface area (TPSA) is 66.6 Å². The van der Waals surface area contributed by atoms with Crippen molar-refractivity contribution in [3.8, 4) is 0 Å². The minimum Gasteiger partial charge on any atom is -0.478 e. The number of nitrogens with zero attached hydrogens (tertiary/aromatic N) is 1. The summed E-state index contributed by atoms with van der Waals surface area (Å²) in [5.41, 5.74) is 7.18. The van der Waals surface area contributed by atoms with E-state index in [1.165, 1.54) is 12.8 Å². The van der Waals surface area contributed by atoms with Crippen LogP contribution in [-0.4, -0.2) is 29.1 Å². The highest BCUT2D eigenvalue weighted by Crippen LogP contribution is 2.22. The third-order valence-electron chi connectivity index (χ3n) is 3.53. The molecule has 0 aromatic heterocycles. The average Bonchev–Trinajstić information content (AvgIpc) is 2.28. The molecule has 1 atom stereocenters. The molecule has 1 aliphatic heterocycles. The van der Waals surface area contributed by atoms with Crippen LogP contribution in [0.25, 0.3) is 0 Å². The molecule has 1 aromatic carbocycles. The van der Waals surface area contributed by atoms with Gasteiger partial charge in [0.2, 0.25) is 0 Å². The van der Waals surface area contributed by atoms with Crippen LogP contribution in [0.15, 0.2) is 18.2 Å². The molecule has 2 rings (SSSR count). The predicted octanol–water partition coefficient (Wildman–Crippen LogP) is 2.20. The lowest BCUT2D eigenvalue weighted by Gasteiger charge is -2.31. The molecule has 0 amide bonds. The number of carboxylic acid groups (broad SMARTS) is 1. The number of carboxylic acids is 1. The highest BCUT2D eigenvalue weighted by Gasteiger charge is 2.20. The van der Waals surface area contributed by atoms with Crippen molar-refractivity contribution in [3.63, 3.8) is 0 Å². The van der Waals surface area contributed by atoms with E-state index in [4.69, 9.17) is 5.73 Å². The maximum atomic E-state index is 11.3. The molecule has 18 heavy (non-hydrogen) atoms. The van der Waals surface area contributed by atoms with E-state index in [0.29, 0.717) is 18.2 Å². The molecule has 0 spiro atoms. The molecule has 4 nitrogen and oxygen atoms in total. The molecule has 1 fully saturated rings. The Balaban J connectivity index is 2.18. The molecule has 0 aliphatic carbocycles. The number of hydrogen-bond acceptors (Lipinski definition) is 3. The number of nitrogen functional groups attached to an aromatic ring is 1. The van der Waals surface area contributed by atoms with Gasteiger partial charge in [0.05, 0.1) is 5.56 Å². The fourth-order valence-electron chi connectivity index (χ4n) is 2.68. The Hall–Kier alpha value is -1.55. The zero-order valence-electron chi connectivity index (χ0n) is 10.7. The summed E-state index contributed by atoms with van der Waals surface area (Å²) in [6, 6.07) is 5.33. The molecule has 1 aliphatic rings. The van der Waals surface area contributed by atoms with E-state index in [1.54, 1.807) is 6.07 Å². The van der Waals surface area contributed by atoms with Gasteiger partial charge in [0.25, 0.3) is 0 Å². The van der Waals surface area contributed by atoms with Crippen molar-refractivity contribution in [2.75, 3.05) is 18.8 Å². The lowest BCUT2D eigenvalue weighted by molar-refractivity contribution is 0.0695. The van der Waals surface area contributed by atoms with Crippen LogP contribution in [0.1, 0.15) is 35.7 Å². The highest BCUT2D eigenvalue weighted by molar-refractivity contribution is 5.95. The van der Waals surface area contributed by atoms with Gasteiger partial charge in [0, 0.05) is 18.8 Å². The maximum Gasteiger partial charge on any atom is 0.338 e. The third-order valence-corrected chi connectivity index (χ3v) is 3.53. The minimum absolute atomic E-state index is 0.260. The molecule has 1 saturated heterocycles. The zero-order chi connectivity index (χ0) is 13.1. The molecule has 1 unspecified atom stereocenters. The van der Waals surface area contributed by atoms with Crippen molar-refractivity contribution >= 4 is 11.7 Å².